The number of hydrogen-bond donors (Lipinski definition) is 3. The normalized spacial score (nSPS) is 19.9. The third kappa shape index (κ3) is 6.61. The summed E-state index contributed by atoms with van der Waals surface area (Å²) in [5.74, 6) is 0.297. The van der Waals surface area contributed by atoms with Crippen molar-refractivity contribution in [1.82, 2.24) is 30.8 Å². The molecule has 1 aromatic rings. The summed E-state index contributed by atoms with van der Waals surface area (Å²) in [6, 6.07) is 0.884. The molecule has 3 rings (SSSR count). The summed E-state index contributed by atoms with van der Waals surface area (Å²) < 4.78 is 0. The lowest BCUT2D eigenvalue weighted by molar-refractivity contribution is -0.134. The zero-order valence-electron chi connectivity index (χ0n) is 18.3. The van der Waals surface area contributed by atoms with Crippen molar-refractivity contribution in [3.8, 4) is 0 Å². The van der Waals surface area contributed by atoms with Gasteiger partial charge in [-0.2, -0.15) is 0 Å². The molecule has 0 spiro atoms. The van der Waals surface area contributed by atoms with Gasteiger partial charge in [-0.15, -0.1) is 0 Å². The quantitative estimate of drug-likeness (QED) is 0.509. The summed E-state index contributed by atoms with van der Waals surface area (Å²) in [7, 11) is 0. The van der Waals surface area contributed by atoms with Crippen LogP contribution in [0.3, 0.4) is 0 Å². The highest BCUT2D eigenvalue weighted by atomic mass is 16.2. The maximum Gasteiger partial charge on any atom is 0.243 e. The lowest BCUT2D eigenvalue weighted by Crippen LogP contribution is -2.55. The van der Waals surface area contributed by atoms with Crippen LogP contribution in [-0.4, -0.2) is 83.9 Å². The van der Waals surface area contributed by atoms with Crippen LogP contribution in [0, 0.1) is 5.92 Å². The highest BCUT2D eigenvalue weighted by Crippen LogP contribution is 2.11. The van der Waals surface area contributed by atoms with E-state index in [1.54, 1.807) is 23.4 Å². The molecule has 0 aliphatic carbocycles. The van der Waals surface area contributed by atoms with Gasteiger partial charge in [-0.3, -0.25) is 14.4 Å². The molecule has 31 heavy (non-hydrogen) atoms. The van der Waals surface area contributed by atoms with Gasteiger partial charge in [0.05, 0.1) is 12.6 Å². The van der Waals surface area contributed by atoms with E-state index in [9.17, 15) is 14.4 Å². The van der Waals surface area contributed by atoms with Gasteiger partial charge in [0, 0.05) is 38.6 Å². The topological polar surface area (TPSA) is 120 Å². The number of anilines is 1. The number of amides is 3. The van der Waals surface area contributed by atoms with E-state index >= 15 is 0 Å². The molecule has 0 radical (unpaired) electrons. The standard InChI is InChI=1S/C21H33N7O3/c1-15(2)13-17(26-20(31)16-5-3-6-22-16)19(30)25-14-18(29)27-9-11-28(12-10-27)21-23-7-4-8-24-21/h4,7-8,15-17,22H,3,5-6,9-14H2,1-2H3,(H,25,30)(H,26,31)/t16-,17-/m0/s1. The van der Waals surface area contributed by atoms with Gasteiger partial charge in [0.25, 0.3) is 0 Å². The van der Waals surface area contributed by atoms with Crippen LogP contribution in [0.5, 0.6) is 0 Å². The first kappa shape index (κ1) is 22.9. The van der Waals surface area contributed by atoms with Crippen molar-refractivity contribution in [3.05, 3.63) is 18.5 Å². The molecule has 3 heterocycles. The van der Waals surface area contributed by atoms with Crippen molar-refractivity contribution >= 4 is 23.7 Å². The van der Waals surface area contributed by atoms with Crippen molar-refractivity contribution in [3.63, 3.8) is 0 Å². The molecule has 10 heteroatoms. The van der Waals surface area contributed by atoms with E-state index in [4.69, 9.17) is 0 Å². The average Bonchev–Trinajstić information content (AvgIpc) is 3.32. The monoisotopic (exact) mass is 431 g/mol. The Morgan fingerprint density at radius 3 is 2.48 bits per heavy atom. The Morgan fingerprint density at radius 1 is 1.16 bits per heavy atom. The zero-order valence-corrected chi connectivity index (χ0v) is 18.3. The molecule has 10 nitrogen and oxygen atoms in total. The molecule has 0 bridgehead atoms. The summed E-state index contributed by atoms with van der Waals surface area (Å²) in [6.45, 7) is 7.12. The first-order chi connectivity index (χ1) is 14.9. The van der Waals surface area contributed by atoms with Crippen LogP contribution in [0.2, 0.25) is 0 Å². The molecule has 0 saturated carbocycles. The third-order valence-electron chi connectivity index (χ3n) is 5.60. The number of carbonyl (C=O) groups is 3. The molecule has 2 aliphatic heterocycles. The Kier molecular flexibility index (Phi) is 8.16. The predicted octanol–water partition coefficient (Wildman–Crippen LogP) is -0.476. The Hall–Kier alpha value is -2.75. The van der Waals surface area contributed by atoms with Gasteiger partial charge in [0.1, 0.15) is 6.04 Å². The lowest BCUT2D eigenvalue weighted by Gasteiger charge is -2.34. The number of carbonyl (C=O) groups excluding carboxylic acids is 3. The van der Waals surface area contributed by atoms with Crippen LogP contribution >= 0.6 is 0 Å². The molecular formula is C21H33N7O3. The first-order valence-electron chi connectivity index (χ1n) is 11.0. The Balaban J connectivity index is 1.46. The number of nitrogens with zero attached hydrogens (tertiary/aromatic N) is 4. The lowest BCUT2D eigenvalue weighted by atomic mass is 10.0. The molecule has 2 atom stereocenters. The molecule has 3 amide bonds. The van der Waals surface area contributed by atoms with Crippen molar-refractivity contribution in [2.24, 2.45) is 5.92 Å². The largest absolute Gasteiger partial charge is 0.345 e. The van der Waals surface area contributed by atoms with Crippen molar-refractivity contribution in [2.45, 2.75) is 45.2 Å². The minimum Gasteiger partial charge on any atom is -0.345 e. The van der Waals surface area contributed by atoms with Gasteiger partial charge in [-0.1, -0.05) is 13.8 Å². The van der Waals surface area contributed by atoms with E-state index in [2.05, 4.69) is 25.9 Å². The number of nitrogens with one attached hydrogen (secondary N) is 3. The number of hydrogen-bond acceptors (Lipinski definition) is 7. The second-order valence-electron chi connectivity index (χ2n) is 8.47. The van der Waals surface area contributed by atoms with Gasteiger partial charge in [-0.25, -0.2) is 9.97 Å². The van der Waals surface area contributed by atoms with Gasteiger partial charge in [0.2, 0.25) is 23.7 Å². The Morgan fingerprint density at radius 2 is 1.87 bits per heavy atom. The Labute approximate surface area is 183 Å². The third-order valence-corrected chi connectivity index (χ3v) is 5.60. The zero-order chi connectivity index (χ0) is 22.2. The molecule has 1 aromatic heterocycles. The van der Waals surface area contributed by atoms with E-state index < -0.39 is 6.04 Å². The summed E-state index contributed by atoms with van der Waals surface area (Å²) in [6.07, 6.45) is 5.65. The summed E-state index contributed by atoms with van der Waals surface area (Å²) >= 11 is 0. The van der Waals surface area contributed by atoms with E-state index in [-0.39, 0.29) is 36.2 Å². The molecule has 2 fully saturated rings. The maximum absolute atomic E-state index is 12.7. The first-order valence-corrected chi connectivity index (χ1v) is 11.0. The summed E-state index contributed by atoms with van der Waals surface area (Å²) in [4.78, 5) is 50.0. The second kappa shape index (κ2) is 11.0. The molecular weight excluding hydrogens is 398 g/mol. The summed E-state index contributed by atoms with van der Waals surface area (Å²) in [5.41, 5.74) is 0. The van der Waals surface area contributed by atoms with E-state index in [1.165, 1.54) is 0 Å². The van der Waals surface area contributed by atoms with Gasteiger partial charge in [0.15, 0.2) is 0 Å². The van der Waals surface area contributed by atoms with Crippen molar-refractivity contribution < 1.29 is 14.4 Å². The fraction of sp³-hybridized carbons (Fsp3) is 0.667. The van der Waals surface area contributed by atoms with Gasteiger partial charge < -0.3 is 25.8 Å². The Bertz CT molecular complexity index is 745. The highest BCUT2D eigenvalue weighted by Gasteiger charge is 2.29. The smallest absolute Gasteiger partial charge is 0.243 e. The van der Waals surface area contributed by atoms with E-state index in [0.717, 1.165) is 19.4 Å². The number of aromatic nitrogens is 2. The second-order valence-corrected chi connectivity index (χ2v) is 8.47. The molecule has 170 valence electrons. The molecule has 2 saturated heterocycles. The van der Waals surface area contributed by atoms with Crippen LogP contribution in [0.4, 0.5) is 5.95 Å². The fourth-order valence-electron chi connectivity index (χ4n) is 3.89. The van der Waals surface area contributed by atoms with Crippen LogP contribution in [0.1, 0.15) is 33.1 Å². The van der Waals surface area contributed by atoms with Crippen LogP contribution < -0.4 is 20.9 Å². The van der Waals surface area contributed by atoms with Gasteiger partial charge in [-0.05, 0) is 37.8 Å². The number of piperazine rings is 1. The molecule has 2 aliphatic rings. The minimum absolute atomic E-state index is 0.0766. The SMILES string of the molecule is CC(C)C[C@H](NC(=O)[C@@H]1CCCN1)C(=O)NCC(=O)N1CCN(c2ncccn2)CC1. The van der Waals surface area contributed by atoms with Crippen LogP contribution in [0.25, 0.3) is 0 Å². The van der Waals surface area contributed by atoms with Crippen LogP contribution in [-0.2, 0) is 14.4 Å². The maximum atomic E-state index is 12.7. The predicted molar refractivity (Wildman–Crippen MR) is 116 cm³/mol. The average molecular weight is 432 g/mol. The van der Waals surface area contributed by atoms with Crippen molar-refractivity contribution in [2.75, 3.05) is 44.2 Å². The number of rotatable bonds is 8. The summed E-state index contributed by atoms with van der Waals surface area (Å²) in [5, 5.41) is 8.72. The van der Waals surface area contributed by atoms with E-state index in [0.29, 0.717) is 38.5 Å². The van der Waals surface area contributed by atoms with Gasteiger partial charge >= 0.3 is 0 Å². The molecule has 3 N–H and O–H groups in total. The molecule has 0 unspecified atom stereocenters. The van der Waals surface area contributed by atoms with Crippen molar-refractivity contribution in [1.29, 1.82) is 0 Å². The molecule has 0 aromatic carbocycles. The fourth-order valence-corrected chi connectivity index (χ4v) is 3.89. The van der Waals surface area contributed by atoms with Crippen LogP contribution in [0.15, 0.2) is 18.5 Å². The van der Waals surface area contributed by atoms with E-state index in [1.807, 2.05) is 18.7 Å². The highest BCUT2D eigenvalue weighted by molar-refractivity contribution is 5.92. The minimum atomic E-state index is -0.644.